The molecule has 160 valence electrons. The maximum atomic E-state index is 12.0. The van der Waals surface area contributed by atoms with Crippen LogP contribution in [0.5, 0.6) is 0 Å². The van der Waals surface area contributed by atoms with E-state index in [0.29, 0.717) is 17.4 Å². The fraction of sp³-hybridized carbons (Fsp3) is 0.909. The lowest BCUT2D eigenvalue weighted by Gasteiger charge is -2.28. The number of unbranched alkanes of at least 4 members (excludes halogenated alkanes) is 11. The molecule has 1 N–H and O–H groups in total. The van der Waals surface area contributed by atoms with E-state index in [9.17, 15) is 9.59 Å². The summed E-state index contributed by atoms with van der Waals surface area (Å²) in [5, 5.41) is 8.98. The fourth-order valence-electron chi connectivity index (χ4n) is 3.30. The predicted octanol–water partition coefficient (Wildman–Crippen LogP) is 5.17. The molecule has 0 bridgehead atoms. The second-order valence-electron chi connectivity index (χ2n) is 8.82. The van der Waals surface area contributed by atoms with Crippen LogP contribution in [0.1, 0.15) is 96.8 Å². The zero-order valence-electron chi connectivity index (χ0n) is 18.3. The maximum absolute atomic E-state index is 12.0. The number of aliphatic carboxylic acids is 1. The molecule has 0 radical (unpaired) electrons. The van der Waals surface area contributed by atoms with Gasteiger partial charge in [0.1, 0.15) is 6.54 Å². The number of hydrogen-bond acceptors (Lipinski definition) is 3. The van der Waals surface area contributed by atoms with Gasteiger partial charge in [-0.25, -0.2) is 0 Å². The number of carboxylic acids is 1. The van der Waals surface area contributed by atoms with Gasteiger partial charge >= 0.3 is 11.9 Å². The molecule has 0 spiro atoms. The number of hydrogen-bond donors (Lipinski definition) is 1. The van der Waals surface area contributed by atoms with E-state index in [2.05, 4.69) is 6.92 Å². The zero-order chi connectivity index (χ0) is 20.5. The summed E-state index contributed by atoms with van der Waals surface area (Å²) in [6.45, 7) is 2.76. The minimum absolute atomic E-state index is 0.125. The van der Waals surface area contributed by atoms with Crippen molar-refractivity contribution >= 4 is 11.9 Å². The SMILES string of the molecule is CCCCCCCCCCCCCCC(=O)O[C@@H](CC(=O)O)C[N+](C)(C)C. The van der Waals surface area contributed by atoms with E-state index in [1.54, 1.807) is 0 Å². The van der Waals surface area contributed by atoms with Crippen LogP contribution < -0.4 is 0 Å². The standard InChI is InChI=1S/C22H43NO4/c1-5-6-7-8-9-10-11-12-13-14-15-16-17-22(26)27-20(18-21(24)25)19-23(2,3)4/h20H,5-19H2,1-4H3/p+1/t20-/m0/s1. The van der Waals surface area contributed by atoms with E-state index in [4.69, 9.17) is 9.84 Å². The molecule has 0 aromatic rings. The second-order valence-corrected chi connectivity index (χ2v) is 8.82. The van der Waals surface area contributed by atoms with Crippen molar-refractivity contribution in [1.82, 2.24) is 0 Å². The highest BCUT2D eigenvalue weighted by Crippen LogP contribution is 2.13. The molecule has 0 saturated heterocycles. The first-order valence-electron chi connectivity index (χ1n) is 11.0. The molecule has 0 fully saturated rings. The number of ether oxygens (including phenoxy) is 1. The normalized spacial score (nSPS) is 12.7. The number of quaternary nitrogens is 1. The lowest BCUT2D eigenvalue weighted by atomic mass is 10.0. The Hall–Kier alpha value is -1.10. The highest BCUT2D eigenvalue weighted by molar-refractivity contribution is 5.71. The third-order valence-corrected chi connectivity index (χ3v) is 4.69. The van der Waals surface area contributed by atoms with Gasteiger partial charge in [0.25, 0.3) is 0 Å². The molecule has 0 aromatic carbocycles. The van der Waals surface area contributed by atoms with Gasteiger partial charge in [0.05, 0.1) is 27.6 Å². The number of carboxylic acid groups (broad SMARTS) is 1. The molecular formula is C22H44NO4+. The van der Waals surface area contributed by atoms with Gasteiger partial charge in [-0.1, -0.05) is 77.6 Å². The molecule has 0 aliphatic rings. The van der Waals surface area contributed by atoms with Crippen LogP contribution in [0.2, 0.25) is 0 Å². The molecule has 1 atom stereocenters. The molecule has 0 aliphatic heterocycles. The molecule has 5 nitrogen and oxygen atoms in total. The third kappa shape index (κ3) is 19.5. The van der Waals surface area contributed by atoms with E-state index in [1.165, 1.54) is 64.2 Å². The molecule has 0 amide bonds. The smallest absolute Gasteiger partial charge is 0.307 e. The first-order valence-corrected chi connectivity index (χ1v) is 11.0. The second kappa shape index (κ2) is 15.9. The van der Waals surface area contributed by atoms with Crippen molar-refractivity contribution in [2.45, 2.75) is 103 Å². The minimum Gasteiger partial charge on any atom is -0.481 e. The summed E-state index contributed by atoms with van der Waals surface area (Å²) in [5.74, 6) is -1.19. The average Bonchev–Trinajstić information content (AvgIpc) is 2.53. The Morgan fingerprint density at radius 2 is 1.26 bits per heavy atom. The van der Waals surface area contributed by atoms with Gasteiger partial charge in [-0.2, -0.15) is 0 Å². The number of carbonyl (C=O) groups is 2. The lowest BCUT2D eigenvalue weighted by molar-refractivity contribution is -0.873. The van der Waals surface area contributed by atoms with E-state index in [-0.39, 0.29) is 12.4 Å². The number of nitrogens with zero attached hydrogens (tertiary/aromatic N) is 1. The number of rotatable bonds is 18. The van der Waals surface area contributed by atoms with Gasteiger partial charge in [-0.05, 0) is 6.42 Å². The van der Waals surface area contributed by atoms with Crippen LogP contribution in [0.15, 0.2) is 0 Å². The lowest BCUT2D eigenvalue weighted by Crippen LogP contribution is -2.43. The zero-order valence-corrected chi connectivity index (χ0v) is 18.3. The van der Waals surface area contributed by atoms with Crippen LogP contribution in [0.4, 0.5) is 0 Å². The maximum Gasteiger partial charge on any atom is 0.307 e. The van der Waals surface area contributed by atoms with Crippen molar-refractivity contribution in [1.29, 1.82) is 0 Å². The number of carbonyl (C=O) groups excluding carboxylic acids is 1. The highest BCUT2D eigenvalue weighted by atomic mass is 16.5. The highest BCUT2D eigenvalue weighted by Gasteiger charge is 2.24. The number of esters is 1. The monoisotopic (exact) mass is 386 g/mol. The van der Waals surface area contributed by atoms with E-state index in [0.717, 1.165) is 12.8 Å². The molecule has 0 saturated carbocycles. The number of likely N-dealkylation sites (N-methyl/N-ethyl adjacent to an activating group) is 1. The van der Waals surface area contributed by atoms with Crippen LogP contribution in [0, 0.1) is 0 Å². The summed E-state index contributed by atoms with van der Waals surface area (Å²) in [6.07, 6.45) is 14.8. The van der Waals surface area contributed by atoms with Crippen molar-refractivity contribution in [3.63, 3.8) is 0 Å². The summed E-state index contributed by atoms with van der Waals surface area (Å²) in [7, 11) is 5.90. The van der Waals surface area contributed by atoms with Gasteiger partial charge in [0.15, 0.2) is 6.10 Å². The molecular weight excluding hydrogens is 342 g/mol. The van der Waals surface area contributed by atoms with Crippen LogP contribution in [-0.4, -0.2) is 55.3 Å². The van der Waals surface area contributed by atoms with Crippen LogP contribution >= 0.6 is 0 Å². The van der Waals surface area contributed by atoms with Gasteiger partial charge in [0, 0.05) is 6.42 Å². The van der Waals surface area contributed by atoms with Crippen molar-refractivity contribution in [2.75, 3.05) is 27.7 Å². The third-order valence-electron chi connectivity index (χ3n) is 4.69. The molecule has 0 aromatic heterocycles. The first-order chi connectivity index (χ1) is 12.7. The van der Waals surface area contributed by atoms with Crippen molar-refractivity contribution in [3.8, 4) is 0 Å². The largest absolute Gasteiger partial charge is 0.481 e. The van der Waals surface area contributed by atoms with Crippen molar-refractivity contribution in [2.24, 2.45) is 0 Å². The van der Waals surface area contributed by atoms with Gasteiger partial charge in [-0.3, -0.25) is 9.59 Å². The molecule has 0 unspecified atom stereocenters. The Kier molecular flexibility index (Phi) is 15.3. The predicted molar refractivity (Wildman–Crippen MR) is 111 cm³/mol. The Labute approximate surface area is 167 Å². The Morgan fingerprint density at radius 1 is 0.815 bits per heavy atom. The summed E-state index contributed by atoms with van der Waals surface area (Å²) in [5.41, 5.74) is 0. The van der Waals surface area contributed by atoms with E-state index < -0.39 is 12.1 Å². The molecule has 0 rings (SSSR count). The Balaban J connectivity index is 3.67. The molecule has 0 aliphatic carbocycles. The quantitative estimate of drug-likeness (QED) is 0.200. The average molecular weight is 387 g/mol. The van der Waals surface area contributed by atoms with Gasteiger partial charge < -0.3 is 14.3 Å². The Morgan fingerprint density at radius 3 is 1.67 bits per heavy atom. The topological polar surface area (TPSA) is 63.6 Å². The molecule has 5 heteroatoms. The van der Waals surface area contributed by atoms with Crippen molar-refractivity contribution < 1.29 is 23.9 Å². The van der Waals surface area contributed by atoms with E-state index >= 15 is 0 Å². The minimum atomic E-state index is -0.924. The first kappa shape index (κ1) is 25.9. The van der Waals surface area contributed by atoms with Crippen LogP contribution in [-0.2, 0) is 14.3 Å². The van der Waals surface area contributed by atoms with E-state index in [1.807, 2.05) is 21.1 Å². The van der Waals surface area contributed by atoms with Crippen molar-refractivity contribution in [3.05, 3.63) is 0 Å². The summed E-state index contributed by atoms with van der Waals surface area (Å²) in [6, 6.07) is 0. The summed E-state index contributed by atoms with van der Waals surface area (Å²) >= 11 is 0. The summed E-state index contributed by atoms with van der Waals surface area (Å²) in [4.78, 5) is 22.9. The summed E-state index contributed by atoms with van der Waals surface area (Å²) < 4.78 is 5.98. The van der Waals surface area contributed by atoms with Gasteiger partial charge in [0.2, 0.25) is 0 Å². The molecule has 0 heterocycles. The molecule has 27 heavy (non-hydrogen) atoms. The fourth-order valence-corrected chi connectivity index (χ4v) is 3.30. The van der Waals surface area contributed by atoms with Crippen LogP contribution in [0.3, 0.4) is 0 Å². The van der Waals surface area contributed by atoms with Crippen LogP contribution in [0.25, 0.3) is 0 Å². The van der Waals surface area contributed by atoms with Gasteiger partial charge in [-0.15, -0.1) is 0 Å². The Bertz CT molecular complexity index is 390.